The Balaban J connectivity index is 2.06. The van der Waals surface area contributed by atoms with E-state index in [0.29, 0.717) is 0 Å². The maximum absolute atomic E-state index is 2.26. The Morgan fingerprint density at radius 3 is 2.16 bits per heavy atom. The molecule has 1 nitrogen and oxygen atoms in total. The zero-order valence-corrected chi connectivity index (χ0v) is 11.0. The standard InChI is InChI=1S/C18H17N/c1-19-14-8-13-17(15-9-4-2-5-10-15)18(19)16-11-6-3-7-12-16/h2-14,18H,1H3. The maximum atomic E-state index is 2.26. The molecule has 0 spiro atoms. The largest absolute Gasteiger partial charge is 0.369 e. The fourth-order valence-corrected chi connectivity index (χ4v) is 2.61. The van der Waals surface area contributed by atoms with Crippen molar-refractivity contribution >= 4 is 5.57 Å². The third kappa shape index (κ3) is 2.32. The van der Waals surface area contributed by atoms with Crippen molar-refractivity contribution in [3.8, 4) is 0 Å². The first-order chi connectivity index (χ1) is 9.36. The highest BCUT2D eigenvalue weighted by atomic mass is 15.1. The first-order valence-corrected chi connectivity index (χ1v) is 6.57. The molecule has 19 heavy (non-hydrogen) atoms. The summed E-state index contributed by atoms with van der Waals surface area (Å²) in [5.74, 6) is 0. The highest BCUT2D eigenvalue weighted by molar-refractivity contribution is 5.73. The molecule has 0 saturated carbocycles. The Labute approximate surface area is 114 Å². The van der Waals surface area contributed by atoms with Gasteiger partial charge < -0.3 is 4.90 Å². The summed E-state index contributed by atoms with van der Waals surface area (Å²) in [5.41, 5.74) is 3.95. The molecule has 1 atom stereocenters. The molecule has 0 saturated heterocycles. The van der Waals surface area contributed by atoms with Crippen molar-refractivity contribution in [1.82, 2.24) is 4.90 Å². The van der Waals surface area contributed by atoms with E-state index in [1.807, 2.05) is 0 Å². The minimum atomic E-state index is 0.286. The Morgan fingerprint density at radius 2 is 1.47 bits per heavy atom. The van der Waals surface area contributed by atoms with Crippen LogP contribution in [0.5, 0.6) is 0 Å². The molecule has 94 valence electrons. The fraction of sp³-hybridized carbons (Fsp3) is 0.111. The molecule has 3 rings (SSSR count). The molecule has 0 radical (unpaired) electrons. The van der Waals surface area contributed by atoms with Gasteiger partial charge >= 0.3 is 0 Å². The van der Waals surface area contributed by atoms with Crippen LogP contribution in [0.25, 0.3) is 5.57 Å². The number of benzene rings is 2. The summed E-state index contributed by atoms with van der Waals surface area (Å²) in [5, 5.41) is 0. The van der Waals surface area contributed by atoms with Crippen molar-refractivity contribution in [3.63, 3.8) is 0 Å². The monoisotopic (exact) mass is 247 g/mol. The molecule has 0 fully saturated rings. The zero-order chi connectivity index (χ0) is 13.1. The van der Waals surface area contributed by atoms with Gasteiger partial charge in [-0.15, -0.1) is 0 Å². The summed E-state index contributed by atoms with van der Waals surface area (Å²) < 4.78 is 0. The quantitative estimate of drug-likeness (QED) is 0.766. The first kappa shape index (κ1) is 11.8. The molecule has 1 heteroatoms. The average Bonchev–Trinajstić information content (AvgIpc) is 2.49. The van der Waals surface area contributed by atoms with Crippen molar-refractivity contribution in [2.24, 2.45) is 0 Å². The Morgan fingerprint density at radius 1 is 0.842 bits per heavy atom. The molecule has 0 N–H and O–H groups in total. The number of hydrogen-bond donors (Lipinski definition) is 0. The highest BCUT2D eigenvalue weighted by Gasteiger charge is 2.22. The molecule has 0 amide bonds. The lowest BCUT2D eigenvalue weighted by Crippen LogP contribution is -2.22. The molecular weight excluding hydrogens is 230 g/mol. The minimum Gasteiger partial charge on any atom is -0.369 e. The second-order valence-corrected chi connectivity index (χ2v) is 4.81. The Bertz CT molecular complexity index is 596. The van der Waals surface area contributed by atoms with Gasteiger partial charge in [-0.25, -0.2) is 0 Å². The van der Waals surface area contributed by atoms with Crippen LogP contribution in [0.1, 0.15) is 17.2 Å². The summed E-state index contributed by atoms with van der Waals surface area (Å²) in [6, 6.07) is 21.5. The average molecular weight is 247 g/mol. The number of nitrogens with zero attached hydrogens (tertiary/aromatic N) is 1. The van der Waals surface area contributed by atoms with Crippen LogP contribution in [0.3, 0.4) is 0 Å². The van der Waals surface area contributed by atoms with Gasteiger partial charge in [0.2, 0.25) is 0 Å². The van der Waals surface area contributed by atoms with Crippen LogP contribution < -0.4 is 0 Å². The molecule has 1 aliphatic heterocycles. The molecule has 0 aliphatic carbocycles. The van der Waals surface area contributed by atoms with E-state index in [9.17, 15) is 0 Å². The summed E-state index contributed by atoms with van der Waals surface area (Å²) in [6.45, 7) is 0. The van der Waals surface area contributed by atoms with Gasteiger partial charge in [0, 0.05) is 7.05 Å². The summed E-state index contributed by atoms with van der Waals surface area (Å²) in [4.78, 5) is 2.26. The zero-order valence-electron chi connectivity index (χ0n) is 11.0. The highest BCUT2D eigenvalue weighted by Crippen LogP contribution is 2.36. The molecule has 1 aliphatic rings. The van der Waals surface area contributed by atoms with Crippen LogP contribution in [0, 0.1) is 0 Å². The van der Waals surface area contributed by atoms with E-state index < -0.39 is 0 Å². The fourth-order valence-electron chi connectivity index (χ4n) is 2.61. The third-order valence-electron chi connectivity index (χ3n) is 3.52. The minimum absolute atomic E-state index is 0.286. The second-order valence-electron chi connectivity index (χ2n) is 4.81. The topological polar surface area (TPSA) is 3.24 Å². The maximum Gasteiger partial charge on any atom is 0.0792 e. The van der Waals surface area contributed by atoms with E-state index >= 15 is 0 Å². The lowest BCUT2D eigenvalue weighted by atomic mass is 9.90. The van der Waals surface area contributed by atoms with Crippen molar-refractivity contribution in [1.29, 1.82) is 0 Å². The first-order valence-electron chi connectivity index (χ1n) is 6.57. The van der Waals surface area contributed by atoms with Gasteiger partial charge in [0.25, 0.3) is 0 Å². The van der Waals surface area contributed by atoms with E-state index in [1.54, 1.807) is 0 Å². The molecule has 0 bridgehead atoms. The smallest absolute Gasteiger partial charge is 0.0792 e. The van der Waals surface area contributed by atoms with E-state index in [2.05, 4.69) is 91.0 Å². The van der Waals surface area contributed by atoms with Gasteiger partial charge in [-0.2, -0.15) is 0 Å². The summed E-state index contributed by atoms with van der Waals surface area (Å²) in [6.07, 6.45) is 6.46. The van der Waals surface area contributed by atoms with E-state index in [1.165, 1.54) is 16.7 Å². The predicted octanol–water partition coefficient (Wildman–Crippen LogP) is 4.27. The van der Waals surface area contributed by atoms with Crippen LogP contribution in [0.2, 0.25) is 0 Å². The van der Waals surface area contributed by atoms with Crippen molar-refractivity contribution in [3.05, 3.63) is 90.1 Å². The Hall–Kier alpha value is -2.28. The van der Waals surface area contributed by atoms with E-state index in [4.69, 9.17) is 0 Å². The molecular formula is C18H17N. The van der Waals surface area contributed by atoms with Crippen LogP contribution in [0.4, 0.5) is 0 Å². The van der Waals surface area contributed by atoms with Crippen LogP contribution in [-0.2, 0) is 0 Å². The van der Waals surface area contributed by atoms with Gasteiger partial charge in [-0.3, -0.25) is 0 Å². The van der Waals surface area contributed by atoms with Gasteiger partial charge in [0.15, 0.2) is 0 Å². The van der Waals surface area contributed by atoms with E-state index in [-0.39, 0.29) is 6.04 Å². The SMILES string of the molecule is CN1C=CC=C(c2ccccc2)C1c1ccccc1. The molecule has 1 unspecified atom stereocenters. The van der Waals surface area contributed by atoms with Crippen molar-refractivity contribution in [2.75, 3.05) is 7.05 Å². The normalized spacial score (nSPS) is 18.3. The van der Waals surface area contributed by atoms with Crippen molar-refractivity contribution in [2.45, 2.75) is 6.04 Å². The van der Waals surface area contributed by atoms with Crippen molar-refractivity contribution < 1.29 is 0 Å². The summed E-state index contributed by atoms with van der Waals surface area (Å²) in [7, 11) is 2.13. The van der Waals surface area contributed by atoms with Crippen LogP contribution >= 0.6 is 0 Å². The second kappa shape index (κ2) is 5.15. The van der Waals surface area contributed by atoms with Gasteiger partial charge in [0.1, 0.15) is 0 Å². The molecule has 0 aromatic heterocycles. The number of allylic oxidation sites excluding steroid dienone is 2. The molecule has 2 aromatic rings. The lowest BCUT2D eigenvalue weighted by Gasteiger charge is -2.32. The number of hydrogen-bond acceptors (Lipinski definition) is 1. The van der Waals surface area contributed by atoms with E-state index in [0.717, 1.165) is 0 Å². The molecule has 1 heterocycles. The van der Waals surface area contributed by atoms with Gasteiger partial charge in [-0.1, -0.05) is 66.7 Å². The predicted molar refractivity (Wildman–Crippen MR) is 80.5 cm³/mol. The van der Waals surface area contributed by atoms with Gasteiger partial charge in [0.05, 0.1) is 6.04 Å². The number of rotatable bonds is 2. The number of likely N-dealkylation sites (N-methyl/N-ethyl adjacent to an activating group) is 1. The third-order valence-corrected chi connectivity index (χ3v) is 3.52. The van der Waals surface area contributed by atoms with Crippen LogP contribution in [-0.4, -0.2) is 11.9 Å². The lowest BCUT2D eigenvalue weighted by molar-refractivity contribution is 0.400. The van der Waals surface area contributed by atoms with Gasteiger partial charge in [-0.05, 0) is 29.0 Å². The Kier molecular flexibility index (Phi) is 3.20. The van der Waals surface area contributed by atoms with Crippen LogP contribution in [0.15, 0.2) is 79.0 Å². The summed E-state index contributed by atoms with van der Waals surface area (Å²) >= 11 is 0. The molecule has 2 aromatic carbocycles.